The van der Waals surface area contributed by atoms with E-state index in [1.807, 2.05) is 0 Å². The smallest absolute Gasteiger partial charge is 0.407 e. The van der Waals surface area contributed by atoms with Crippen LogP contribution in [0, 0.1) is 5.41 Å². The van der Waals surface area contributed by atoms with Gasteiger partial charge in [-0.25, -0.2) is 4.79 Å². The van der Waals surface area contributed by atoms with Crippen LogP contribution in [0.4, 0.5) is 4.79 Å². The van der Waals surface area contributed by atoms with Crippen molar-refractivity contribution in [2.75, 3.05) is 6.54 Å². The molecule has 0 aromatic rings. The summed E-state index contributed by atoms with van der Waals surface area (Å²) in [6.45, 7) is 5.20. The van der Waals surface area contributed by atoms with Crippen LogP contribution in [0.3, 0.4) is 0 Å². The van der Waals surface area contributed by atoms with Crippen molar-refractivity contribution < 1.29 is 9.53 Å². The molecule has 1 aliphatic carbocycles. The quantitative estimate of drug-likeness (QED) is 0.624. The second kappa shape index (κ2) is 2.63. The predicted octanol–water partition coefficient (Wildman–Crippen LogP) is 2.07. The summed E-state index contributed by atoms with van der Waals surface area (Å²) in [7, 11) is 0. The Morgan fingerprint density at radius 1 is 1.38 bits per heavy atom. The molecule has 0 aromatic carbocycles. The van der Waals surface area contributed by atoms with Crippen LogP contribution in [0.15, 0.2) is 0 Å². The molecule has 0 bridgehead atoms. The number of alkyl carbamates (subject to hydrolysis) is 1. The third-order valence-corrected chi connectivity index (χ3v) is 3.15. The summed E-state index contributed by atoms with van der Waals surface area (Å²) in [4.78, 5) is 11.0. The minimum absolute atomic E-state index is 0.182. The van der Waals surface area contributed by atoms with Crippen molar-refractivity contribution >= 4 is 6.09 Å². The van der Waals surface area contributed by atoms with Gasteiger partial charge in [0.05, 0.1) is 6.54 Å². The molecule has 0 radical (unpaired) electrons. The summed E-state index contributed by atoms with van der Waals surface area (Å²) in [6.07, 6.45) is 4.19. The lowest BCUT2D eigenvalue weighted by molar-refractivity contribution is -0.0154. The van der Waals surface area contributed by atoms with Crippen LogP contribution in [0.25, 0.3) is 0 Å². The fraction of sp³-hybridized carbons (Fsp3) is 0.900. The maximum atomic E-state index is 11.0. The molecule has 1 heterocycles. The Balaban J connectivity index is 2.11. The molecule has 1 N–H and O–H groups in total. The Hall–Kier alpha value is -0.730. The number of nitrogens with one attached hydrogen (secondary N) is 1. The van der Waals surface area contributed by atoms with Crippen LogP contribution in [0.5, 0.6) is 0 Å². The monoisotopic (exact) mass is 183 g/mol. The first kappa shape index (κ1) is 8.85. The maximum Gasteiger partial charge on any atom is 0.407 e. The molecule has 0 aromatic heterocycles. The zero-order chi connectivity index (χ0) is 9.53. The number of ether oxygens (including phenoxy) is 1. The van der Waals surface area contributed by atoms with E-state index in [9.17, 15) is 4.79 Å². The maximum absolute atomic E-state index is 11.0. The van der Waals surface area contributed by atoms with Crippen molar-refractivity contribution in [2.45, 2.75) is 45.1 Å². The van der Waals surface area contributed by atoms with E-state index < -0.39 is 0 Å². The highest BCUT2D eigenvalue weighted by molar-refractivity contribution is 5.70. The highest BCUT2D eigenvalue weighted by atomic mass is 16.6. The normalized spacial score (nSPS) is 37.2. The standard InChI is InChI=1S/C10H17NO2/c1-9(2)4-3-5-10(6-9)7-11-8(12)13-10/h3-7H2,1-2H3,(H,11,12). The Labute approximate surface area is 78.8 Å². The second-order valence-electron chi connectivity index (χ2n) is 5.12. The molecule has 3 heteroatoms. The average Bonchev–Trinajstić information content (AvgIpc) is 2.29. The van der Waals surface area contributed by atoms with Crippen molar-refractivity contribution in [3.05, 3.63) is 0 Å². The number of rotatable bonds is 0. The summed E-state index contributed by atoms with van der Waals surface area (Å²) in [5.74, 6) is 0. The van der Waals surface area contributed by atoms with Crippen LogP contribution in [0.2, 0.25) is 0 Å². The van der Waals surface area contributed by atoms with Crippen molar-refractivity contribution in [2.24, 2.45) is 5.41 Å². The Morgan fingerprint density at radius 2 is 2.15 bits per heavy atom. The lowest BCUT2D eigenvalue weighted by Crippen LogP contribution is -2.41. The van der Waals surface area contributed by atoms with Gasteiger partial charge in [0.1, 0.15) is 5.60 Å². The molecule has 13 heavy (non-hydrogen) atoms. The van der Waals surface area contributed by atoms with Crippen molar-refractivity contribution in [3.8, 4) is 0 Å². The van der Waals surface area contributed by atoms with Gasteiger partial charge in [-0.1, -0.05) is 13.8 Å². The third-order valence-electron chi connectivity index (χ3n) is 3.15. The van der Waals surface area contributed by atoms with Gasteiger partial charge in [0.25, 0.3) is 0 Å². The Morgan fingerprint density at radius 3 is 2.69 bits per heavy atom. The van der Waals surface area contributed by atoms with Gasteiger partial charge in [0, 0.05) is 0 Å². The minimum Gasteiger partial charge on any atom is -0.441 e. The number of carbonyl (C=O) groups excluding carboxylic acids is 1. The van der Waals surface area contributed by atoms with Gasteiger partial charge in [0.15, 0.2) is 0 Å². The SMILES string of the molecule is CC1(C)CCCC2(CNC(=O)O2)C1. The summed E-state index contributed by atoms with van der Waals surface area (Å²) in [5.41, 5.74) is 0.142. The number of hydrogen-bond donors (Lipinski definition) is 1. The lowest BCUT2D eigenvalue weighted by atomic mass is 9.70. The van der Waals surface area contributed by atoms with Crippen LogP contribution in [-0.2, 0) is 4.74 Å². The Bertz CT molecular complexity index is 237. The molecule has 1 saturated heterocycles. The second-order valence-corrected chi connectivity index (χ2v) is 5.12. The molecule has 2 aliphatic rings. The van der Waals surface area contributed by atoms with E-state index in [1.165, 1.54) is 12.8 Å². The molecule has 1 aliphatic heterocycles. The first-order valence-electron chi connectivity index (χ1n) is 4.98. The van der Waals surface area contributed by atoms with E-state index in [-0.39, 0.29) is 11.7 Å². The molecule has 2 rings (SSSR count). The molecule has 74 valence electrons. The average molecular weight is 183 g/mol. The van der Waals surface area contributed by atoms with Crippen LogP contribution in [-0.4, -0.2) is 18.2 Å². The minimum atomic E-state index is -0.238. The highest BCUT2D eigenvalue weighted by Crippen LogP contribution is 2.43. The number of hydrogen-bond acceptors (Lipinski definition) is 2. The summed E-state index contributed by atoms with van der Waals surface area (Å²) >= 11 is 0. The predicted molar refractivity (Wildman–Crippen MR) is 49.5 cm³/mol. The van der Waals surface area contributed by atoms with Crippen LogP contribution < -0.4 is 5.32 Å². The van der Waals surface area contributed by atoms with Gasteiger partial charge in [-0.15, -0.1) is 0 Å². The summed E-state index contributed by atoms with van der Waals surface area (Å²) in [6, 6.07) is 0. The topological polar surface area (TPSA) is 38.3 Å². The fourth-order valence-corrected chi connectivity index (χ4v) is 2.68. The van der Waals surface area contributed by atoms with Gasteiger partial charge in [-0.2, -0.15) is 0 Å². The van der Waals surface area contributed by atoms with Crippen molar-refractivity contribution in [1.29, 1.82) is 0 Å². The third kappa shape index (κ3) is 1.64. The lowest BCUT2D eigenvalue weighted by Gasteiger charge is -2.40. The summed E-state index contributed by atoms with van der Waals surface area (Å²) < 4.78 is 5.38. The van der Waals surface area contributed by atoms with E-state index in [2.05, 4.69) is 19.2 Å². The zero-order valence-corrected chi connectivity index (χ0v) is 8.35. The summed E-state index contributed by atoms with van der Waals surface area (Å²) in [5, 5.41) is 2.76. The molecular formula is C10H17NO2. The van der Waals surface area contributed by atoms with Gasteiger partial charge in [-0.05, 0) is 31.1 Å². The molecule has 1 spiro atoms. The zero-order valence-electron chi connectivity index (χ0n) is 8.35. The van der Waals surface area contributed by atoms with E-state index in [0.29, 0.717) is 12.0 Å². The van der Waals surface area contributed by atoms with Gasteiger partial charge in [0.2, 0.25) is 0 Å². The molecule has 2 fully saturated rings. The molecule has 3 nitrogen and oxygen atoms in total. The highest BCUT2D eigenvalue weighted by Gasteiger charge is 2.46. The molecule has 1 atom stereocenters. The fourth-order valence-electron chi connectivity index (χ4n) is 2.68. The molecule has 1 saturated carbocycles. The van der Waals surface area contributed by atoms with E-state index >= 15 is 0 Å². The van der Waals surface area contributed by atoms with Crippen LogP contribution in [0.1, 0.15) is 39.5 Å². The molecule has 1 amide bonds. The van der Waals surface area contributed by atoms with Gasteiger partial charge < -0.3 is 10.1 Å². The van der Waals surface area contributed by atoms with E-state index in [4.69, 9.17) is 4.74 Å². The largest absolute Gasteiger partial charge is 0.441 e. The first-order valence-corrected chi connectivity index (χ1v) is 4.98. The van der Waals surface area contributed by atoms with Crippen LogP contribution >= 0.6 is 0 Å². The van der Waals surface area contributed by atoms with Crippen molar-refractivity contribution in [1.82, 2.24) is 5.32 Å². The van der Waals surface area contributed by atoms with E-state index in [1.54, 1.807) is 0 Å². The van der Waals surface area contributed by atoms with E-state index in [0.717, 1.165) is 12.8 Å². The Kier molecular flexibility index (Phi) is 1.79. The number of amides is 1. The van der Waals surface area contributed by atoms with Gasteiger partial charge >= 0.3 is 6.09 Å². The van der Waals surface area contributed by atoms with Gasteiger partial charge in [-0.3, -0.25) is 0 Å². The van der Waals surface area contributed by atoms with Crippen molar-refractivity contribution in [3.63, 3.8) is 0 Å². The number of carbonyl (C=O) groups is 1. The first-order chi connectivity index (χ1) is 6.02. The molecule has 1 unspecified atom stereocenters. The molecular weight excluding hydrogens is 166 g/mol.